The molecule has 0 saturated carbocycles. The van der Waals surface area contributed by atoms with Crippen molar-refractivity contribution in [3.05, 3.63) is 36.0 Å². The van der Waals surface area contributed by atoms with Crippen LogP contribution < -0.4 is 10.1 Å². The predicted octanol–water partition coefficient (Wildman–Crippen LogP) is 2.00. The molecule has 6 nitrogen and oxygen atoms in total. The fourth-order valence-corrected chi connectivity index (χ4v) is 2.35. The molecule has 0 radical (unpaired) electrons. The summed E-state index contributed by atoms with van der Waals surface area (Å²) >= 11 is 0. The van der Waals surface area contributed by atoms with E-state index in [0.29, 0.717) is 31.2 Å². The molecule has 0 spiro atoms. The Morgan fingerprint density at radius 2 is 2.23 bits per heavy atom. The van der Waals surface area contributed by atoms with Crippen LogP contribution in [0, 0.1) is 5.92 Å². The molecule has 0 bridgehead atoms. The van der Waals surface area contributed by atoms with Gasteiger partial charge in [-0.25, -0.2) is 0 Å². The third-order valence-electron chi connectivity index (χ3n) is 3.68. The van der Waals surface area contributed by atoms with Crippen molar-refractivity contribution in [1.29, 1.82) is 0 Å². The molecule has 1 aliphatic heterocycles. The maximum absolute atomic E-state index is 11.9. The van der Waals surface area contributed by atoms with Crippen molar-refractivity contribution >= 4 is 5.91 Å². The van der Waals surface area contributed by atoms with E-state index in [1.54, 1.807) is 7.11 Å². The van der Waals surface area contributed by atoms with Crippen molar-refractivity contribution in [1.82, 2.24) is 10.5 Å². The molecule has 1 aromatic heterocycles. The predicted molar refractivity (Wildman–Crippen MR) is 79.3 cm³/mol. The maximum Gasteiger partial charge on any atom is 0.225 e. The molecule has 2 heterocycles. The number of amides is 1. The van der Waals surface area contributed by atoms with Crippen LogP contribution in [-0.2, 0) is 16.1 Å². The number of rotatable bonds is 5. The number of hydrogen-bond donors (Lipinski definition) is 1. The van der Waals surface area contributed by atoms with Gasteiger partial charge in [0.15, 0.2) is 5.76 Å². The molecule has 6 heteroatoms. The van der Waals surface area contributed by atoms with E-state index >= 15 is 0 Å². The Kier molecular flexibility index (Phi) is 4.39. The molecule has 1 fully saturated rings. The third kappa shape index (κ3) is 3.28. The Hall–Kier alpha value is -2.34. The minimum atomic E-state index is -0.0482. The highest BCUT2D eigenvalue weighted by molar-refractivity contribution is 5.78. The summed E-state index contributed by atoms with van der Waals surface area (Å²) in [7, 11) is 1.62. The first-order valence-corrected chi connectivity index (χ1v) is 7.22. The van der Waals surface area contributed by atoms with Crippen LogP contribution in [-0.4, -0.2) is 31.4 Å². The molecule has 0 unspecified atom stereocenters. The van der Waals surface area contributed by atoms with Crippen LogP contribution in [0.4, 0.5) is 0 Å². The standard InChI is InChI=1S/C16H18N2O4/c1-20-14-4-2-11(3-5-14)15-8-13(18-22-15)9-17-16(19)12-6-7-21-10-12/h2-5,8,12H,6-7,9-10H2,1H3,(H,17,19)/t12-/m1/s1. The van der Waals surface area contributed by atoms with Crippen molar-refractivity contribution in [3.8, 4) is 17.1 Å². The third-order valence-corrected chi connectivity index (χ3v) is 3.68. The number of nitrogens with zero attached hydrogens (tertiary/aromatic N) is 1. The van der Waals surface area contributed by atoms with Gasteiger partial charge in [-0.05, 0) is 30.7 Å². The summed E-state index contributed by atoms with van der Waals surface area (Å²) in [5.74, 6) is 1.41. The number of aromatic nitrogens is 1. The molecule has 22 heavy (non-hydrogen) atoms. The van der Waals surface area contributed by atoms with Gasteiger partial charge in [-0.15, -0.1) is 0 Å². The zero-order valence-electron chi connectivity index (χ0n) is 12.4. The first-order chi connectivity index (χ1) is 10.8. The summed E-state index contributed by atoms with van der Waals surface area (Å²) in [5.41, 5.74) is 1.60. The molecule has 1 aromatic carbocycles. The molecule has 2 aromatic rings. The summed E-state index contributed by atoms with van der Waals surface area (Å²) < 4.78 is 15.6. The van der Waals surface area contributed by atoms with E-state index in [9.17, 15) is 4.79 Å². The van der Waals surface area contributed by atoms with Gasteiger partial charge in [-0.1, -0.05) is 5.16 Å². The van der Waals surface area contributed by atoms with Crippen LogP contribution in [0.2, 0.25) is 0 Å². The van der Waals surface area contributed by atoms with Gasteiger partial charge in [-0.2, -0.15) is 0 Å². The van der Waals surface area contributed by atoms with E-state index in [1.807, 2.05) is 30.3 Å². The molecule has 3 rings (SSSR count). The normalized spacial score (nSPS) is 17.4. The van der Waals surface area contributed by atoms with Crippen LogP contribution in [0.15, 0.2) is 34.9 Å². The van der Waals surface area contributed by atoms with Crippen molar-refractivity contribution in [3.63, 3.8) is 0 Å². The lowest BCUT2D eigenvalue weighted by atomic mass is 10.1. The first kappa shape index (κ1) is 14.6. The van der Waals surface area contributed by atoms with Crippen molar-refractivity contribution < 1.29 is 18.8 Å². The van der Waals surface area contributed by atoms with Gasteiger partial charge < -0.3 is 19.3 Å². The lowest BCUT2D eigenvalue weighted by Crippen LogP contribution is -2.30. The number of carbonyl (C=O) groups is 1. The maximum atomic E-state index is 11.9. The Morgan fingerprint density at radius 1 is 1.41 bits per heavy atom. The van der Waals surface area contributed by atoms with E-state index in [0.717, 1.165) is 17.7 Å². The van der Waals surface area contributed by atoms with Crippen molar-refractivity contribution in [2.75, 3.05) is 20.3 Å². The van der Waals surface area contributed by atoms with Crippen molar-refractivity contribution in [2.24, 2.45) is 5.92 Å². The smallest absolute Gasteiger partial charge is 0.225 e. The SMILES string of the molecule is COc1ccc(-c2cc(CNC(=O)[C@@H]3CCOC3)no2)cc1. The molecule has 116 valence electrons. The number of hydrogen-bond acceptors (Lipinski definition) is 5. The molecule has 1 aliphatic rings. The lowest BCUT2D eigenvalue weighted by molar-refractivity contribution is -0.125. The van der Waals surface area contributed by atoms with Crippen molar-refractivity contribution in [2.45, 2.75) is 13.0 Å². The van der Waals surface area contributed by atoms with Gasteiger partial charge in [0.2, 0.25) is 5.91 Å². The average Bonchev–Trinajstić information content (AvgIpc) is 3.24. The fourth-order valence-electron chi connectivity index (χ4n) is 2.35. The number of carbonyl (C=O) groups excluding carboxylic acids is 1. The highest BCUT2D eigenvalue weighted by Gasteiger charge is 2.23. The van der Waals surface area contributed by atoms with Crippen LogP contribution in [0.3, 0.4) is 0 Å². The highest BCUT2D eigenvalue weighted by atomic mass is 16.5. The van der Waals surface area contributed by atoms with Crippen LogP contribution >= 0.6 is 0 Å². The molecular formula is C16H18N2O4. The highest BCUT2D eigenvalue weighted by Crippen LogP contribution is 2.23. The van der Waals surface area contributed by atoms with Gasteiger partial charge in [0.1, 0.15) is 11.4 Å². The molecular weight excluding hydrogens is 284 g/mol. The minimum Gasteiger partial charge on any atom is -0.497 e. The number of methoxy groups -OCH3 is 1. The van der Waals surface area contributed by atoms with Gasteiger partial charge in [0.25, 0.3) is 0 Å². The zero-order chi connectivity index (χ0) is 15.4. The topological polar surface area (TPSA) is 73.6 Å². The fraction of sp³-hybridized carbons (Fsp3) is 0.375. The quantitative estimate of drug-likeness (QED) is 0.914. The first-order valence-electron chi connectivity index (χ1n) is 7.22. The second-order valence-electron chi connectivity index (χ2n) is 5.19. The summed E-state index contributed by atoms with van der Waals surface area (Å²) in [6.45, 7) is 1.51. The Labute approximate surface area is 128 Å². The van der Waals surface area contributed by atoms with E-state index in [-0.39, 0.29) is 11.8 Å². The number of ether oxygens (including phenoxy) is 2. The number of benzene rings is 1. The molecule has 1 saturated heterocycles. The van der Waals surface area contributed by atoms with Crippen LogP contribution in [0.1, 0.15) is 12.1 Å². The molecule has 1 N–H and O–H groups in total. The van der Waals surface area contributed by atoms with Gasteiger partial charge in [0.05, 0.1) is 26.2 Å². The lowest BCUT2D eigenvalue weighted by Gasteiger charge is -2.07. The summed E-state index contributed by atoms with van der Waals surface area (Å²) in [6.07, 6.45) is 0.780. The van der Waals surface area contributed by atoms with Crippen LogP contribution in [0.25, 0.3) is 11.3 Å². The molecule has 0 aliphatic carbocycles. The minimum absolute atomic E-state index is 0.00602. The van der Waals surface area contributed by atoms with E-state index in [1.165, 1.54) is 0 Å². The monoisotopic (exact) mass is 302 g/mol. The largest absolute Gasteiger partial charge is 0.497 e. The van der Waals surface area contributed by atoms with Crippen LogP contribution in [0.5, 0.6) is 5.75 Å². The zero-order valence-corrected chi connectivity index (χ0v) is 12.4. The van der Waals surface area contributed by atoms with Gasteiger partial charge >= 0.3 is 0 Å². The second kappa shape index (κ2) is 6.62. The van der Waals surface area contributed by atoms with Gasteiger partial charge in [-0.3, -0.25) is 4.79 Å². The van der Waals surface area contributed by atoms with Gasteiger partial charge in [0, 0.05) is 18.2 Å². The molecule has 1 amide bonds. The van der Waals surface area contributed by atoms with E-state index in [2.05, 4.69) is 10.5 Å². The van der Waals surface area contributed by atoms with E-state index in [4.69, 9.17) is 14.0 Å². The Balaban J connectivity index is 1.59. The van der Waals surface area contributed by atoms with E-state index < -0.39 is 0 Å². The summed E-state index contributed by atoms with van der Waals surface area (Å²) in [4.78, 5) is 11.9. The molecule has 1 atom stereocenters. The number of nitrogens with one attached hydrogen (secondary N) is 1. The second-order valence-corrected chi connectivity index (χ2v) is 5.19. The summed E-state index contributed by atoms with van der Waals surface area (Å²) in [5, 5.41) is 6.84. The Morgan fingerprint density at radius 3 is 2.91 bits per heavy atom. The summed E-state index contributed by atoms with van der Waals surface area (Å²) in [6, 6.07) is 9.35. The average molecular weight is 302 g/mol. The Bertz CT molecular complexity index is 630.